The summed E-state index contributed by atoms with van der Waals surface area (Å²) in [5.74, 6) is -0.846. The van der Waals surface area contributed by atoms with Crippen LogP contribution in [0, 0.1) is 0 Å². The van der Waals surface area contributed by atoms with Crippen molar-refractivity contribution in [3.63, 3.8) is 0 Å². The highest BCUT2D eigenvalue weighted by molar-refractivity contribution is 6.30. The van der Waals surface area contributed by atoms with E-state index in [1.54, 1.807) is 36.5 Å². The summed E-state index contributed by atoms with van der Waals surface area (Å²) in [6.07, 6.45) is 2.71. The number of unbranched alkanes of at least 4 members (excludes halogenated alkanes) is 1. The number of hydrogen-bond acceptors (Lipinski definition) is 6. The lowest BCUT2D eigenvalue weighted by atomic mass is 10.1. The average Bonchev–Trinajstić information content (AvgIpc) is 3.22. The zero-order valence-corrected chi connectivity index (χ0v) is 17.2. The maximum Gasteiger partial charge on any atom is 0.253 e. The highest BCUT2D eigenvalue weighted by Crippen LogP contribution is 2.17. The maximum absolute atomic E-state index is 12.7. The van der Waals surface area contributed by atoms with Crippen molar-refractivity contribution in [2.45, 2.75) is 38.3 Å². The minimum Gasteiger partial charge on any atom is -0.378 e. The minimum absolute atomic E-state index is 0.190. The van der Waals surface area contributed by atoms with Crippen molar-refractivity contribution in [2.75, 3.05) is 6.54 Å². The molecule has 0 aliphatic carbocycles. The number of aliphatic hydroxyl groups is 1. The van der Waals surface area contributed by atoms with Gasteiger partial charge in [0, 0.05) is 23.8 Å². The number of rotatable bonds is 9. The van der Waals surface area contributed by atoms with Gasteiger partial charge in [0.15, 0.2) is 11.8 Å². The van der Waals surface area contributed by atoms with Gasteiger partial charge in [-0.05, 0) is 46.7 Å². The molecule has 9 nitrogen and oxygen atoms in total. The van der Waals surface area contributed by atoms with E-state index in [1.165, 1.54) is 10.6 Å². The number of aromatic nitrogens is 4. The first-order valence-corrected chi connectivity index (χ1v) is 10.1. The third-order valence-electron chi connectivity index (χ3n) is 4.63. The van der Waals surface area contributed by atoms with Crippen LogP contribution in [0.2, 0.25) is 5.02 Å². The molecule has 158 valence electrons. The van der Waals surface area contributed by atoms with Gasteiger partial charge in [-0.15, -0.1) is 5.10 Å². The normalized spacial score (nSPS) is 13.0. The fraction of sp³-hybridized carbons (Fsp3) is 0.350. The Morgan fingerprint density at radius 1 is 1.27 bits per heavy atom. The lowest BCUT2D eigenvalue weighted by molar-refractivity contribution is -0.129. The summed E-state index contributed by atoms with van der Waals surface area (Å²) >= 11 is 5.92. The van der Waals surface area contributed by atoms with Crippen molar-refractivity contribution in [1.82, 2.24) is 30.7 Å². The SMILES string of the molecule is CCCCC(CNC(=O)C(O)c1cccc(Cl)c1)NC(=O)c1ccc2nnnn2c1. The third kappa shape index (κ3) is 5.52. The minimum atomic E-state index is -1.34. The second-order valence-electron chi connectivity index (χ2n) is 6.91. The number of fused-ring (bicyclic) bond motifs is 1. The Balaban J connectivity index is 1.61. The highest BCUT2D eigenvalue weighted by atomic mass is 35.5. The first kappa shape index (κ1) is 21.7. The van der Waals surface area contributed by atoms with E-state index < -0.39 is 12.0 Å². The Bertz CT molecular complexity index is 1020. The predicted molar refractivity (Wildman–Crippen MR) is 111 cm³/mol. The largest absolute Gasteiger partial charge is 0.378 e. The van der Waals surface area contributed by atoms with E-state index in [1.807, 2.05) is 6.92 Å². The zero-order valence-electron chi connectivity index (χ0n) is 16.5. The number of amides is 2. The smallest absolute Gasteiger partial charge is 0.253 e. The molecule has 1 aromatic carbocycles. The summed E-state index contributed by atoms with van der Waals surface area (Å²) in [4.78, 5) is 25.0. The summed E-state index contributed by atoms with van der Waals surface area (Å²) < 4.78 is 1.42. The van der Waals surface area contributed by atoms with Crippen LogP contribution in [-0.2, 0) is 4.79 Å². The number of aliphatic hydroxyl groups excluding tert-OH is 1. The van der Waals surface area contributed by atoms with E-state index in [4.69, 9.17) is 11.6 Å². The monoisotopic (exact) mass is 430 g/mol. The molecule has 30 heavy (non-hydrogen) atoms. The number of halogens is 1. The molecule has 0 aliphatic heterocycles. The van der Waals surface area contributed by atoms with Gasteiger partial charge in [-0.3, -0.25) is 9.59 Å². The van der Waals surface area contributed by atoms with Gasteiger partial charge in [0.2, 0.25) is 0 Å². The average molecular weight is 431 g/mol. The molecule has 0 fully saturated rings. The number of pyridine rings is 1. The van der Waals surface area contributed by atoms with Gasteiger partial charge in [0.1, 0.15) is 0 Å². The quantitative estimate of drug-likeness (QED) is 0.476. The van der Waals surface area contributed by atoms with Crippen molar-refractivity contribution < 1.29 is 14.7 Å². The molecule has 0 aliphatic rings. The van der Waals surface area contributed by atoms with Crippen molar-refractivity contribution >= 4 is 29.1 Å². The van der Waals surface area contributed by atoms with Crippen LogP contribution in [0.5, 0.6) is 0 Å². The van der Waals surface area contributed by atoms with Crippen LogP contribution in [0.25, 0.3) is 5.65 Å². The summed E-state index contributed by atoms with van der Waals surface area (Å²) in [6.45, 7) is 2.24. The zero-order chi connectivity index (χ0) is 21.5. The second-order valence-corrected chi connectivity index (χ2v) is 7.35. The fourth-order valence-electron chi connectivity index (χ4n) is 2.97. The first-order chi connectivity index (χ1) is 14.5. The summed E-state index contributed by atoms with van der Waals surface area (Å²) in [5.41, 5.74) is 1.35. The number of nitrogens with one attached hydrogen (secondary N) is 2. The van der Waals surface area contributed by atoms with E-state index in [0.29, 0.717) is 28.2 Å². The molecule has 2 atom stereocenters. The molecule has 0 saturated carbocycles. The number of carbonyl (C=O) groups excluding carboxylic acids is 2. The van der Waals surface area contributed by atoms with Crippen LogP contribution in [-0.4, -0.2) is 49.5 Å². The molecule has 0 radical (unpaired) electrons. The molecule has 3 aromatic rings. The first-order valence-electron chi connectivity index (χ1n) is 9.67. The van der Waals surface area contributed by atoms with Gasteiger partial charge < -0.3 is 15.7 Å². The van der Waals surface area contributed by atoms with Gasteiger partial charge >= 0.3 is 0 Å². The van der Waals surface area contributed by atoms with E-state index in [0.717, 1.165) is 12.8 Å². The van der Waals surface area contributed by atoms with Crippen LogP contribution in [0.4, 0.5) is 0 Å². The fourth-order valence-corrected chi connectivity index (χ4v) is 3.17. The Morgan fingerprint density at radius 3 is 2.87 bits per heavy atom. The third-order valence-corrected chi connectivity index (χ3v) is 4.87. The number of tetrazole rings is 1. The molecule has 0 saturated heterocycles. The molecule has 2 unspecified atom stereocenters. The molecular formula is C20H23ClN6O3. The molecule has 2 aromatic heterocycles. The van der Waals surface area contributed by atoms with Crippen LogP contribution in [0.15, 0.2) is 42.6 Å². The Morgan fingerprint density at radius 2 is 2.10 bits per heavy atom. The molecule has 3 N–H and O–H groups in total. The van der Waals surface area contributed by atoms with Crippen molar-refractivity contribution in [1.29, 1.82) is 0 Å². The van der Waals surface area contributed by atoms with Crippen LogP contribution in [0.1, 0.15) is 48.2 Å². The molecule has 0 bridgehead atoms. The summed E-state index contributed by atoms with van der Waals surface area (Å²) in [7, 11) is 0. The molecule has 2 heterocycles. The maximum atomic E-state index is 12.7. The molecule has 0 spiro atoms. The van der Waals surface area contributed by atoms with Crippen LogP contribution >= 0.6 is 11.6 Å². The second kappa shape index (κ2) is 10.1. The number of nitrogens with zero attached hydrogens (tertiary/aromatic N) is 4. The van der Waals surface area contributed by atoms with E-state index in [2.05, 4.69) is 26.2 Å². The Labute approximate surface area is 178 Å². The predicted octanol–water partition coefficient (Wildman–Crippen LogP) is 1.92. The molecular weight excluding hydrogens is 408 g/mol. The summed E-state index contributed by atoms with van der Waals surface area (Å²) in [5, 5.41) is 27.5. The van der Waals surface area contributed by atoms with Gasteiger partial charge in [0.25, 0.3) is 11.8 Å². The van der Waals surface area contributed by atoms with Crippen LogP contribution in [0.3, 0.4) is 0 Å². The molecule has 2 amide bonds. The Kier molecular flexibility index (Phi) is 7.31. The molecule has 10 heteroatoms. The topological polar surface area (TPSA) is 122 Å². The lowest BCUT2D eigenvalue weighted by Gasteiger charge is -2.20. The van der Waals surface area contributed by atoms with E-state index in [-0.39, 0.29) is 18.5 Å². The van der Waals surface area contributed by atoms with Gasteiger partial charge in [-0.1, -0.05) is 43.5 Å². The standard InChI is InChI=1S/C20H23ClN6O3/c1-2-3-7-16(11-22-20(30)18(28)13-5-4-6-15(21)10-13)23-19(29)14-8-9-17-24-25-26-27(17)12-14/h4-6,8-10,12,16,18,28H,2-3,7,11H2,1H3,(H,22,30)(H,23,29). The van der Waals surface area contributed by atoms with Crippen molar-refractivity contribution in [3.05, 3.63) is 58.7 Å². The number of carbonyl (C=O) groups is 2. The lowest BCUT2D eigenvalue weighted by Crippen LogP contribution is -2.44. The highest BCUT2D eigenvalue weighted by Gasteiger charge is 2.20. The van der Waals surface area contributed by atoms with Crippen LogP contribution < -0.4 is 10.6 Å². The Hall–Kier alpha value is -3.04. The number of hydrogen-bond donors (Lipinski definition) is 3. The molecule has 3 rings (SSSR count). The van der Waals surface area contributed by atoms with Crippen molar-refractivity contribution in [2.24, 2.45) is 0 Å². The van der Waals surface area contributed by atoms with Crippen molar-refractivity contribution in [3.8, 4) is 0 Å². The van der Waals surface area contributed by atoms with E-state index >= 15 is 0 Å². The van der Waals surface area contributed by atoms with Gasteiger partial charge in [0.05, 0.1) is 5.56 Å². The van der Waals surface area contributed by atoms with E-state index in [9.17, 15) is 14.7 Å². The summed E-state index contributed by atoms with van der Waals surface area (Å²) in [6, 6.07) is 9.49. The van der Waals surface area contributed by atoms with Gasteiger partial charge in [-0.25, -0.2) is 0 Å². The van der Waals surface area contributed by atoms with Gasteiger partial charge in [-0.2, -0.15) is 4.52 Å². The number of benzene rings is 1.